The van der Waals surface area contributed by atoms with Gasteiger partial charge in [-0.05, 0) is 37.4 Å². The Morgan fingerprint density at radius 1 is 1.39 bits per heavy atom. The highest BCUT2D eigenvalue weighted by atomic mass is 127. The van der Waals surface area contributed by atoms with E-state index in [9.17, 15) is 4.79 Å². The molecule has 1 aliphatic rings. The van der Waals surface area contributed by atoms with Crippen LogP contribution < -0.4 is 10.6 Å². The summed E-state index contributed by atoms with van der Waals surface area (Å²) < 4.78 is 0. The summed E-state index contributed by atoms with van der Waals surface area (Å²) >= 11 is 1.77. The van der Waals surface area contributed by atoms with Crippen LogP contribution in [0.3, 0.4) is 0 Å². The first kappa shape index (κ1) is 25.2. The third-order valence-corrected chi connectivity index (χ3v) is 6.40. The predicted octanol–water partition coefficient (Wildman–Crippen LogP) is 2.75. The van der Waals surface area contributed by atoms with Gasteiger partial charge in [0.1, 0.15) is 6.54 Å². The number of rotatable bonds is 8. The highest BCUT2D eigenvalue weighted by Gasteiger charge is 2.24. The average molecular weight is 522 g/mol. The van der Waals surface area contributed by atoms with Crippen molar-refractivity contribution in [3.8, 4) is 0 Å². The number of likely N-dealkylation sites (N-methyl/N-ethyl adjacent to an activating group) is 2. The van der Waals surface area contributed by atoms with E-state index < -0.39 is 0 Å². The summed E-state index contributed by atoms with van der Waals surface area (Å²) in [6, 6.07) is 4.80. The summed E-state index contributed by atoms with van der Waals surface area (Å²) in [6.45, 7) is 10.7. The smallest absolute Gasteiger partial charge is 0.243 e. The molecule has 28 heavy (non-hydrogen) atoms. The molecule has 0 aliphatic carbocycles. The maximum absolute atomic E-state index is 12.0. The van der Waals surface area contributed by atoms with Crippen LogP contribution in [-0.4, -0.2) is 74.5 Å². The van der Waals surface area contributed by atoms with E-state index in [1.165, 1.54) is 24.3 Å². The van der Waals surface area contributed by atoms with Crippen LogP contribution in [0, 0.1) is 0 Å². The number of hydrogen-bond acceptors (Lipinski definition) is 4. The van der Waals surface area contributed by atoms with Gasteiger partial charge in [-0.3, -0.25) is 9.69 Å². The molecule has 2 rings (SSSR count). The molecular weight excluding hydrogens is 485 g/mol. The molecule has 1 aromatic heterocycles. The van der Waals surface area contributed by atoms with Crippen molar-refractivity contribution in [2.45, 2.75) is 45.1 Å². The second-order valence-corrected chi connectivity index (χ2v) is 8.92. The molecule has 1 atom stereocenters. The van der Waals surface area contributed by atoms with Crippen LogP contribution in [0.15, 0.2) is 22.5 Å². The second kappa shape index (κ2) is 12.0. The molecule has 1 amide bonds. The maximum Gasteiger partial charge on any atom is 0.243 e. The Labute approximate surface area is 191 Å². The average Bonchev–Trinajstić information content (AvgIpc) is 3.32. The number of guanidine groups is 1. The van der Waals surface area contributed by atoms with E-state index in [1.807, 2.05) is 0 Å². The topological polar surface area (TPSA) is 60.0 Å². The number of halogens is 1. The molecule has 1 aliphatic heterocycles. The largest absolute Gasteiger partial charge is 0.355 e. The van der Waals surface area contributed by atoms with Crippen LogP contribution in [-0.2, 0) is 10.2 Å². The molecule has 2 heterocycles. The Morgan fingerprint density at radius 2 is 2.14 bits per heavy atom. The lowest BCUT2D eigenvalue weighted by atomic mass is 9.91. The monoisotopic (exact) mass is 521 g/mol. The lowest BCUT2D eigenvalue weighted by Gasteiger charge is -2.27. The van der Waals surface area contributed by atoms with Gasteiger partial charge in [0.15, 0.2) is 5.96 Å². The molecule has 1 saturated heterocycles. The quantitative estimate of drug-likeness (QED) is 0.314. The number of likely N-dealkylation sites (tertiary alicyclic amines) is 1. The lowest BCUT2D eigenvalue weighted by Crippen LogP contribution is -2.48. The van der Waals surface area contributed by atoms with E-state index in [0.717, 1.165) is 25.6 Å². The molecule has 0 saturated carbocycles. The summed E-state index contributed by atoms with van der Waals surface area (Å²) in [7, 11) is 3.52. The number of nitrogens with zero attached hydrogens (tertiary/aromatic N) is 3. The van der Waals surface area contributed by atoms with E-state index in [1.54, 1.807) is 30.3 Å². The van der Waals surface area contributed by atoms with Gasteiger partial charge in [0.2, 0.25) is 5.91 Å². The molecule has 0 spiro atoms. The Bertz CT molecular complexity index is 618. The van der Waals surface area contributed by atoms with Gasteiger partial charge in [0.25, 0.3) is 0 Å². The zero-order valence-electron chi connectivity index (χ0n) is 17.8. The van der Waals surface area contributed by atoms with Crippen molar-refractivity contribution in [1.29, 1.82) is 0 Å². The molecule has 2 N–H and O–H groups in total. The van der Waals surface area contributed by atoms with E-state index in [2.05, 4.69) is 58.8 Å². The van der Waals surface area contributed by atoms with Gasteiger partial charge in [-0.2, -0.15) is 0 Å². The molecule has 1 aromatic rings. The number of carbonyl (C=O) groups excluding carboxylic acids is 1. The van der Waals surface area contributed by atoms with Crippen LogP contribution in [0.2, 0.25) is 0 Å². The maximum atomic E-state index is 12.0. The van der Waals surface area contributed by atoms with Gasteiger partial charge in [-0.1, -0.05) is 26.8 Å². The molecule has 8 heteroatoms. The fourth-order valence-corrected chi connectivity index (χ4v) is 4.13. The highest BCUT2D eigenvalue weighted by molar-refractivity contribution is 14.0. The fourth-order valence-electron chi connectivity index (χ4n) is 3.27. The molecule has 160 valence electrons. The van der Waals surface area contributed by atoms with Gasteiger partial charge in [-0.15, -0.1) is 35.3 Å². The molecule has 0 radical (unpaired) electrons. The van der Waals surface area contributed by atoms with Crippen LogP contribution in [0.25, 0.3) is 0 Å². The van der Waals surface area contributed by atoms with Crippen LogP contribution >= 0.6 is 35.3 Å². The van der Waals surface area contributed by atoms with E-state index in [4.69, 9.17) is 0 Å². The van der Waals surface area contributed by atoms with Gasteiger partial charge in [0.05, 0.1) is 0 Å². The Kier molecular flexibility index (Phi) is 10.8. The summed E-state index contributed by atoms with van der Waals surface area (Å²) in [6.07, 6.45) is 2.47. The minimum atomic E-state index is 0. The first-order chi connectivity index (χ1) is 12.8. The second-order valence-electron chi connectivity index (χ2n) is 7.97. The number of aliphatic imine (C=N–C) groups is 1. The summed E-state index contributed by atoms with van der Waals surface area (Å²) in [4.78, 5) is 21.9. The molecule has 0 aromatic carbocycles. The molecule has 1 fully saturated rings. The summed E-state index contributed by atoms with van der Waals surface area (Å²) in [5.41, 5.74) is 0.00495. The number of amides is 1. The van der Waals surface area contributed by atoms with Crippen LogP contribution in [0.4, 0.5) is 0 Å². The molecule has 1 unspecified atom stereocenters. The summed E-state index contributed by atoms with van der Waals surface area (Å²) in [5.74, 6) is 0.724. The van der Waals surface area contributed by atoms with Gasteiger partial charge in [-0.25, -0.2) is 4.99 Å². The molecule has 6 nitrogen and oxygen atoms in total. The zero-order chi connectivity index (χ0) is 19.9. The zero-order valence-corrected chi connectivity index (χ0v) is 21.0. The van der Waals surface area contributed by atoms with Gasteiger partial charge in [0, 0.05) is 43.5 Å². The first-order valence-corrected chi connectivity index (χ1v) is 10.7. The van der Waals surface area contributed by atoms with Crippen molar-refractivity contribution in [3.63, 3.8) is 0 Å². The SMILES string of the molecule is CCN1CCCC1CNC(=NCC(=O)N(C)C)NCC(C)(C)c1cccs1.I. The van der Waals surface area contributed by atoms with Crippen molar-refractivity contribution in [1.82, 2.24) is 20.4 Å². The Hall–Kier alpha value is -0.870. The van der Waals surface area contributed by atoms with Crippen molar-refractivity contribution in [2.24, 2.45) is 4.99 Å². The van der Waals surface area contributed by atoms with Crippen molar-refractivity contribution >= 4 is 47.2 Å². The molecular formula is C20H36IN5OS. The Balaban J connectivity index is 0.00000392. The van der Waals surface area contributed by atoms with Crippen molar-refractivity contribution in [3.05, 3.63) is 22.4 Å². The number of nitrogens with one attached hydrogen (secondary N) is 2. The minimum Gasteiger partial charge on any atom is -0.355 e. The van der Waals surface area contributed by atoms with E-state index in [0.29, 0.717) is 6.04 Å². The highest BCUT2D eigenvalue weighted by Crippen LogP contribution is 2.26. The number of carbonyl (C=O) groups is 1. The third-order valence-electron chi connectivity index (χ3n) is 5.17. The third kappa shape index (κ3) is 7.51. The molecule has 0 bridgehead atoms. The fraction of sp³-hybridized carbons (Fsp3) is 0.700. The van der Waals surface area contributed by atoms with Crippen LogP contribution in [0.1, 0.15) is 38.5 Å². The Morgan fingerprint density at radius 3 is 2.75 bits per heavy atom. The first-order valence-electron chi connectivity index (χ1n) is 9.84. The number of hydrogen-bond donors (Lipinski definition) is 2. The van der Waals surface area contributed by atoms with Crippen LogP contribution in [0.5, 0.6) is 0 Å². The van der Waals surface area contributed by atoms with Gasteiger partial charge < -0.3 is 15.5 Å². The van der Waals surface area contributed by atoms with E-state index in [-0.39, 0.29) is 41.8 Å². The normalized spacial score (nSPS) is 17.9. The standard InChI is InChI=1S/C20H35N5OS.HI/c1-6-25-11-7-9-16(25)13-21-19(22-14-18(26)24(4)5)23-15-20(2,3)17-10-8-12-27-17;/h8,10,12,16H,6-7,9,11,13-15H2,1-5H3,(H2,21,22,23);1H. The van der Waals surface area contributed by atoms with E-state index >= 15 is 0 Å². The summed E-state index contributed by atoms with van der Waals surface area (Å²) in [5, 5.41) is 9.03. The number of thiophene rings is 1. The van der Waals surface area contributed by atoms with Gasteiger partial charge >= 0.3 is 0 Å². The van der Waals surface area contributed by atoms with Crippen molar-refractivity contribution in [2.75, 3.05) is 46.8 Å². The lowest BCUT2D eigenvalue weighted by molar-refractivity contribution is -0.127. The van der Waals surface area contributed by atoms with Crippen molar-refractivity contribution < 1.29 is 4.79 Å². The predicted molar refractivity (Wildman–Crippen MR) is 130 cm³/mol. The minimum absolute atomic E-state index is 0.